The van der Waals surface area contributed by atoms with Crippen LogP contribution in [0, 0.1) is 17.2 Å². The number of aliphatic imine (C=N–C) groups is 1. The minimum absolute atomic E-state index is 0. The molecule has 5 nitrogen and oxygen atoms in total. The Kier molecular flexibility index (Phi) is 12.3. The van der Waals surface area contributed by atoms with Crippen LogP contribution in [0.5, 0.6) is 0 Å². The standard InChI is InChI=1S/C18H28N4O.HI/c1-5-23-17(14(2)3)9-10-21-18(20-4)22-13-16-8-6-7-15(11-16)12-19;/h6-8,11,14,17H,5,9-10,13H2,1-4H3,(H2,20,21,22);1H. The Bertz CT molecular complexity index is 540. The van der Waals surface area contributed by atoms with Crippen LogP contribution < -0.4 is 10.6 Å². The van der Waals surface area contributed by atoms with Gasteiger partial charge >= 0.3 is 0 Å². The molecule has 6 heteroatoms. The van der Waals surface area contributed by atoms with Crippen LogP contribution in [0.4, 0.5) is 0 Å². The van der Waals surface area contributed by atoms with Crippen molar-refractivity contribution in [3.63, 3.8) is 0 Å². The van der Waals surface area contributed by atoms with Crippen molar-refractivity contribution in [2.24, 2.45) is 10.9 Å². The molecule has 134 valence electrons. The number of hydrogen-bond acceptors (Lipinski definition) is 3. The first kappa shape index (κ1) is 22.7. The lowest BCUT2D eigenvalue weighted by Crippen LogP contribution is -2.38. The van der Waals surface area contributed by atoms with Gasteiger partial charge in [0.05, 0.1) is 17.7 Å². The third kappa shape index (κ3) is 8.50. The number of rotatable bonds is 8. The molecule has 2 N–H and O–H groups in total. The summed E-state index contributed by atoms with van der Waals surface area (Å²) < 4.78 is 5.74. The van der Waals surface area contributed by atoms with E-state index in [-0.39, 0.29) is 30.1 Å². The van der Waals surface area contributed by atoms with Crippen LogP contribution in [0.3, 0.4) is 0 Å². The maximum absolute atomic E-state index is 8.92. The van der Waals surface area contributed by atoms with E-state index in [1.807, 2.05) is 25.1 Å². The first-order valence-corrected chi connectivity index (χ1v) is 8.15. The lowest BCUT2D eigenvalue weighted by atomic mass is 10.0. The zero-order chi connectivity index (χ0) is 17.1. The first-order valence-electron chi connectivity index (χ1n) is 8.15. The maximum Gasteiger partial charge on any atom is 0.191 e. The highest BCUT2D eigenvalue weighted by atomic mass is 127. The molecule has 0 saturated heterocycles. The van der Waals surface area contributed by atoms with Crippen LogP contribution in [0.1, 0.15) is 38.3 Å². The molecule has 0 radical (unpaired) electrons. The van der Waals surface area contributed by atoms with Gasteiger partial charge in [-0.05, 0) is 37.0 Å². The van der Waals surface area contributed by atoms with Gasteiger partial charge in [0.25, 0.3) is 0 Å². The SMILES string of the molecule is CCOC(CCNC(=NC)NCc1cccc(C#N)c1)C(C)C.I. The summed E-state index contributed by atoms with van der Waals surface area (Å²) >= 11 is 0. The predicted molar refractivity (Wildman–Crippen MR) is 110 cm³/mol. The molecular weight excluding hydrogens is 415 g/mol. The Morgan fingerprint density at radius 1 is 1.33 bits per heavy atom. The molecule has 0 aromatic heterocycles. The fourth-order valence-corrected chi connectivity index (χ4v) is 2.31. The van der Waals surface area contributed by atoms with Gasteiger partial charge in [0.15, 0.2) is 5.96 Å². The second-order valence-electron chi connectivity index (χ2n) is 5.69. The number of guanidine groups is 1. The first-order chi connectivity index (χ1) is 11.1. The van der Waals surface area contributed by atoms with Gasteiger partial charge in [0.2, 0.25) is 0 Å². The summed E-state index contributed by atoms with van der Waals surface area (Å²) in [7, 11) is 1.75. The molecular formula is C18H29IN4O. The molecule has 1 aromatic rings. The van der Waals surface area contributed by atoms with E-state index < -0.39 is 0 Å². The van der Waals surface area contributed by atoms with Crippen molar-refractivity contribution in [3.05, 3.63) is 35.4 Å². The number of hydrogen-bond donors (Lipinski definition) is 2. The Balaban J connectivity index is 0.00000529. The largest absolute Gasteiger partial charge is 0.378 e. The van der Waals surface area contributed by atoms with E-state index in [4.69, 9.17) is 10.00 Å². The van der Waals surface area contributed by atoms with Crippen LogP contribution in [-0.4, -0.2) is 32.3 Å². The van der Waals surface area contributed by atoms with Gasteiger partial charge in [-0.1, -0.05) is 26.0 Å². The van der Waals surface area contributed by atoms with Gasteiger partial charge in [-0.25, -0.2) is 0 Å². The van der Waals surface area contributed by atoms with Gasteiger partial charge in [0.1, 0.15) is 0 Å². The summed E-state index contributed by atoms with van der Waals surface area (Å²) in [6, 6.07) is 9.71. The number of nitriles is 1. The lowest BCUT2D eigenvalue weighted by molar-refractivity contribution is 0.0258. The summed E-state index contributed by atoms with van der Waals surface area (Å²) in [5.74, 6) is 1.26. The van der Waals surface area contributed by atoms with Crippen molar-refractivity contribution in [3.8, 4) is 6.07 Å². The number of halogens is 1. The summed E-state index contributed by atoms with van der Waals surface area (Å²) in [5, 5.41) is 15.5. The Morgan fingerprint density at radius 2 is 2.08 bits per heavy atom. The molecule has 1 rings (SSSR count). The van der Waals surface area contributed by atoms with Crippen LogP contribution >= 0.6 is 24.0 Å². The Labute approximate surface area is 162 Å². The monoisotopic (exact) mass is 444 g/mol. The molecule has 1 unspecified atom stereocenters. The van der Waals surface area contributed by atoms with Crippen LogP contribution in [0.2, 0.25) is 0 Å². The minimum Gasteiger partial charge on any atom is -0.378 e. The van der Waals surface area contributed by atoms with Crippen LogP contribution in [0.25, 0.3) is 0 Å². The fourth-order valence-electron chi connectivity index (χ4n) is 2.31. The van der Waals surface area contributed by atoms with Gasteiger partial charge in [-0.3, -0.25) is 4.99 Å². The number of nitrogens with one attached hydrogen (secondary N) is 2. The molecule has 0 heterocycles. The van der Waals surface area contributed by atoms with Crippen molar-refractivity contribution >= 4 is 29.9 Å². The van der Waals surface area contributed by atoms with Gasteiger partial charge in [-0.15, -0.1) is 24.0 Å². The van der Waals surface area contributed by atoms with E-state index in [0.29, 0.717) is 18.0 Å². The molecule has 0 amide bonds. The van der Waals surface area contributed by atoms with E-state index in [1.165, 1.54) is 0 Å². The van der Waals surface area contributed by atoms with Gasteiger partial charge in [-0.2, -0.15) is 5.26 Å². The minimum atomic E-state index is 0. The second-order valence-corrected chi connectivity index (χ2v) is 5.69. The molecule has 1 atom stereocenters. The van der Waals surface area contributed by atoms with Crippen molar-refractivity contribution in [2.45, 2.75) is 39.8 Å². The van der Waals surface area contributed by atoms with E-state index >= 15 is 0 Å². The average Bonchev–Trinajstić information content (AvgIpc) is 2.56. The normalized spacial score (nSPS) is 12.2. The van der Waals surface area contributed by atoms with Gasteiger partial charge < -0.3 is 15.4 Å². The van der Waals surface area contributed by atoms with Gasteiger partial charge in [0, 0.05) is 26.7 Å². The molecule has 1 aromatic carbocycles. The highest BCUT2D eigenvalue weighted by Gasteiger charge is 2.12. The Morgan fingerprint density at radius 3 is 2.67 bits per heavy atom. The fraction of sp³-hybridized carbons (Fsp3) is 0.556. The smallest absolute Gasteiger partial charge is 0.191 e. The van der Waals surface area contributed by atoms with Crippen molar-refractivity contribution < 1.29 is 4.74 Å². The molecule has 0 fully saturated rings. The lowest BCUT2D eigenvalue weighted by Gasteiger charge is -2.21. The second kappa shape index (κ2) is 13.0. The van der Waals surface area contributed by atoms with E-state index in [0.717, 1.165) is 31.1 Å². The van der Waals surface area contributed by atoms with Crippen LogP contribution in [0.15, 0.2) is 29.3 Å². The van der Waals surface area contributed by atoms with Crippen molar-refractivity contribution in [1.29, 1.82) is 5.26 Å². The van der Waals surface area contributed by atoms with E-state index in [2.05, 4.69) is 35.5 Å². The quantitative estimate of drug-likeness (QED) is 0.367. The Hall–Kier alpha value is -1.33. The molecule has 24 heavy (non-hydrogen) atoms. The molecule has 0 saturated carbocycles. The summed E-state index contributed by atoms with van der Waals surface area (Å²) in [6.07, 6.45) is 1.20. The molecule has 0 aliphatic rings. The third-order valence-corrected chi connectivity index (χ3v) is 3.59. The van der Waals surface area contributed by atoms with Crippen molar-refractivity contribution in [1.82, 2.24) is 10.6 Å². The molecule has 0 bridgehead atoms. The molecule has 0 aliphatic heterocycles. The highest BCUT2D eigenvalue weighted by Crippen LogP contribution is 2.10. The number of benzene rings is 1. The number of ether oxygens (including phenoxy) is 1. The molecule has 0 spiro atoms. The summed E-state index contributed by atoms with van der Waals surface area (Å²) in [4.78, 5) is 4.22. The third-order valence-electron chi connectivity index (χ3n) is 3.59. The summed E-state index contributed by atoms with van der Waals surface area (Å²) in [5.41, 5.74) is 1.73. The zero-order valence-corrected chi connectivity index (χ0v) is 17.3. The van der Waals surface area contributed by atoms with E-state index in [1.54, 1.807) is 13.1 Å². The van der Waals surface area contributed by atoms with Crippen molar-refractivity contribution in [2.75, 3.05) is 20.2 Å². The number of nitrogens with zero attached hydrogens (tertiary/aromatic N) is 2. The topological polar surface area (TPSA) is 69.4 Å². The predicted octanol–water partition coefficient (Wildman–Crippen LogP) is 3.29. The zero-order valence-electron chi connectivity index (χ0n) is 15.0. The molecule has 0 aliphatic carbocycles. The average molecular weight is 444 g/mol. The highest BCUT2D eigenvalue weighted by molar-refractivity contribution is 14.0. The van der Waals surface area contributed by atoms with Crippen LogP contribution in [-0.2, 0) is 11.3 Å². The summed E-state index contributed by atoms with van der Waals surface area (Å²) in [6.45, 7) is 8.56. The van der Waals surface area contributed by atoms with E-state index in [9.17, 15) is 0 Å². The maximum atomic E-state index is 8.92.